The average Bonchev–Trinajstić information content (AvgIpc) is 3.11. The third-order valence-corrected chi connectivity index (χ3v) is 4.88. The standard InChI is InChI=1S/C19H18N6O/c1-2-6-17-14(4-1)16(23-26-17)12-24-8-10-25(11-9-24)19-15-5-3-7-20-18(15)21-13-22-19/h1-7,13H,8-12H2. The lowest BCUT2D eigenvalue weighted by Crippen LogP contribution is -2.46. The number of hydrogen-bond acceptors (Lipinski definition) is 7. The van der Waals surface area contributed by atoms with Crippen molar-refractivity contribution in [3.05, 3.63) is 54.6 Å². The van der Waals surface area contributed by atoms with Gasteiger partial charge in [-0.15, -0.1) is 0 Å². The molecule has 0 saturated carbocycles. The first-order valence-electron chi connectivity index (χ1n) is 8.75. The number of benzene rings is 1. The minimum absolute atomic E-state index is 0.744. The van der Waals surface area contributed by atoms with Crippen LogP contribution in [0.2, 0.25) is 0 Å². The van der Waals surface area contributed by atoms with Crippen molar-refractivity contribution in [3.8, 4) is 0 Å². The Morgan fingerprint density at radius 3 is 2.65 bits per heavy atom. The van der Waals surface area contributed by atoms with E-state index in [-0.39, 0.29) is 0 Å². The van der Waals surface area contributed by atoms with Crippen molar-refractivity contribution in [1.82, 2.24) is 25.0 Å². The number of rotatable bonds is 3. The molecule has 7 nitrogen and oxygen atoms in total. The number of nitrogens with zero attached hydrogens (tertiary/aromatic N) is 6. The van der Waals surface area contributed by atoms with Gasteiger partial charge in [-0.2, -0.15) is 0 Å². The molecule has 4 aromatic rings. The predicted molar refractivity (Wildman–Crippen MR) is 98.8 cm³/mol. The molecule has 7 heteroatoms. The van der Waals surface area contributed by atoms with Crippen molar-refractivity contribution in [2.24, 2.45) is 0 Å². The molecule has 0 amide bonds. The van der Waals surface area contributed by atoms with Gasteiger partial charge in [0.05, 0.1) is 5.39 Å². The summed E-state index contributed by atoms with van der Waals surface area (Å²) in [4.78, 5) is 17.8. The number of hydrogen-bond donors (Lipinski definition) is 0. The molecular weight excluding hydrogens is 328 g/mol. The van der Waals surface area contributed by atoms with Crippen LogP contribution in [0.15, 0.2) is 53.4 Å². The van der Waals surface area contributed by atoms with Crippen LogP contribution in [-0.2, 0) is 6.54 Å². The second kappa shape index (κ2) is 6.34. The number of pyridine rings is 1. The monoisotopic (exact) mass is 346 g/mol. The summed E-state index contributed by atoms with van der Waals surface area (Å²) in [5.74, 6) is 0.967. The molecule has 4 heterocycles. The van der Waals surface area contributed by atoms with E-state index in [1.807, 2.05) is 30.3 Å². The van der Waals surface area contributed by atoms with E-state index in [0.29, 0.717) is 0 Å². The van der Waals surface area contributed by atoms with Gasteiger partial charge in [0.1, 0.15) is 17.8 Å². The average molecular weight is 346 g/mol. The molecule has 1 fully saturated rings. The van der Waals surface area contributed by atoms with Crippen molar-refractivity contribution in [1.29, 1.82) is 0 Å². The summed E-state index contributed by atoms with van der Waals surface area (Å²) in [5, 5.41) is 6.35. The predicted octanol–water partition coefficient (Wildman–Crippen LogP) is 2.49. The SMILES string of the molecule is c1ccc2c(CN3CCN(c4ncnc5ncccc45)CC3)noc2c1. The molecule has 130 valence electrons. The Morgan fingerprint density at radius 1 is 0.885 bits per heavy atom. The molecule has 0 aliphatic carbocycles. The van der Waals surface area contributed by atoms with Crippen LogP contribution in [0.1, 0.15) is 5.69 Å². The minimum atomic E-state index is 0.744. The summed E-state index contributed by atoms with van der Waals surface area (Å²) in [6, 6.07) is 12.0. The fraction of sp³-hybridized carbons (Fsp3) is 0.263. The first kappa shape index (κ1) is 15.2. The molecule has 1 aliphatic rings. The Hall–Kier alpha value is -3.06. The second-order valence-corrected chi connectivity index (χ2v) is 6.46. The molecule has 0 atom stereocenters. The number of aromatic nitrogens is 4. The zero-order valence-electron chi connectivity index (χ0n) is 14.2. The highest BCUT2D eigenvalue weighted by Gasteiger charge is 2.21. The van der Waals surface area contributed by atoms with Crippen molar-refractivity contribution in [2.75, 3.05) is 31.1 Å². The summed E-state index contributed by atoms with van der Waals surface area (Å²) in [6.45, 7) is 4.53. The molecule has 1 saturated heterocycles. The first-order chi connectivity index (χ1) is 12.9. The smallest absolute Gasteiger partial charge is 0.167 e. The maximum atomic E-state index is 5.42. The summed E-state index contributed by atoms with van der Waals surface area (Å²) in [6.07, 6.45) is 3.36. The molecular formula is C19H18N6O. The molecule has 26 heavy (non-hydrogen) atoms. The van der Waals surface area contributed by atoms with E-state index in [9.17, 15) is 0 Å². The third-order valence-electron chi connectivity index (χ3n) is 4.88. The van der Waals surface area contributed by atoms with Gasteiger partial charge in [-0.05, 0) is 24.3 Å². The number of anilines is 1. The van der Waals surface area contributed by atoms with Gasteiger partial charge in [0.25, 0.3) is 0 Å². The summed E-state index contributed by atoms with van der Waals surface area (Å²) in [7, 11) is 0. The zero-order chi connectivity index (χ0) is 17.3. The highest BCUT2D eigenvalue weighted by Crippen LogP contribution is 2.24. The lowest BCUT2D eigenvalue weighted by molar-refractivity contribution is 0.243. The van der Waals surface area contributed by atoms with E-state index in [1.165, 1.54) is 0 Å². The van der Waals surface area contributed by atoms with Gasteiger partial charge in [-0.3, -0.25) is 4.90 Å². The molecule has 3 aromatic heterocycles. The number of piperazine rings is 1. The topological polar surface area (TPSA) is 71.2 Å². The van der Waals surface area contributed by atoms with Crippen LogP contribution in [0.25, 0.3) is 22.0 Å². The normalized spacial score (nSPS) is 15.8. The van der Waals surface area contributed by atoms with Crippen LogP contribution in [0.4, 0.5) is 5.82 Å². The van der Waals surface area contributed by atoms with Gasteiger partial charge in [0, 0.05) is 44.3 Å². The van der Waals surface area contributed by atoms with Gasteiger partial charge < -0.3 is 9.42 Å². The molecule has 0 bridgehead atoms. The summed E-state index contributed by atoms with van der Waals surface area (Å²) >= 11 is 0. The van der Waals surface area contributed by atoms with Crippen LogP contribution in [-0.4, -0.2) is 51.2 Å². The molecule has 0 spiro atoms. The van der Waals surface area contributed by atoms with Crippen LogP contribution < -0.4 is 4.90 Å². The Kier molecular flexibility index (Phi) is 3.71. The maximum absolute atomic E-state index is 5.42. The zero-order valence-corrected chi connectivity index (χ0v) is 14.2. The van der Waals surface area contributed by atoms with Gasteiger partial charge in [0.15, 0.2) is 11.2 Å². The lowest BCUT2D eigenvalue weighted by Gasteiger charge is -2.35. The molecule has 5 rings (SSSR count). The van der Waals surface area contributed by atoms with Gasteiger partial charge in [0.2, 0.25) is 0 Å². The van der Waals surface area contributed by atoms with Gasteiger partial charge >= 0.3 is 0 Å². The molecule has 1 aliphatic heterocycles. The van der Waals surface area contributed by atoms with E-state index < -0.39 is 0 Å². The van der Waals surface area contributed by atoms with Crippen LogP contribution in [0.5, 0.6) is 0 Å². The molecule has 1 aromatic carbocycles. The highest BCUT2D eigenvalue weighted by molar-refractivity contribution is 5.86. The largest absolute Gasteiger partial charge is 0.356 e. The first-order valence-corrected chi connectivity index (χ1v) is 8.75. The Bertz CT molecular complexity index is 1050. The van der Waals surface area contributed by atoms with Crippen molar-refractivity contribution >= 4 is 27.8 Å². The fourth-order valence-corrected chi connectivity index (χ4v) is 3.52. The van der Waals surface area contributed by atoms with Crippen molar-refractivity contribution in [3.63, 3.8) is 0 Å². The Morgan fingerprint density at radius 2 is 1.73 bits per heavy atom. The Labute approximate surface area is 150 Å². The molecule has 0 unspecified atom stereocenters. The van der Waals surface area contributed by atoms with E-state index in [0.717, 1.165) is 66.2 Å². The molecule has 0 radical (unpaired) electrons. The van der Waals surface area contributed by atoms with E-state index in [4.69, 9.17) is 4.52 Å². The minimum Gasteiger partial charge on any atom is -0.356 e. The summed E-state index contributed by atoms with van der Waals surface area (Å²) in [5.41, 5.74) is 2.60. The van der Waals surface area contributed by atoms with Crippen molar-refractivity contribution in [2.45, 2.75) is 6.54 Å². The van der Waals surface area contributed by atoms with E-state index in [1.54, 1.807) is 12.5 Å². The van der Waals surface area contributed by atoms with Gasteiger partial charge in [-0.25, -0.2) is 15.0 Å². The third kappa shape index (κ3) is 2.66. The van der Waals surface area contributed by atoms with E-state index >= 15 is 0 Å². The van der Waals surface area contributed by atoms with Crippen LogP contribution in [0.3, 0.4) is 0 Å². The van der Waals surface area contributed by atoms with E-state index in [2.05, 4.69) is 36.0 Å². The second-order valence-electron chi connectivity index (χ2n) is 6.46. The summed E-state index contributed by atoms with van der Waals surface area (Å²) < 4.78 is 5.42. The molecule has 0 N–H and O–H groups in total. The lowest BCUT2D eigenvalue weighted by atomic mass is 10.2. The Balaban J connectivity index is 1.31. The maximum Gasteiger partial charge on any atom is 0.167 e. The highest BCUT2D eigenvalue weighted by atomic mass is 16.5. The quantitative estimate of drug-likeness (QED) is 0.564. The number of fused-ring (bicyclic) bond motifs is 2. The van der Waals surface area contributed by atoms with Crippen LogP contribution >= 0.6 is 0 Å². The number of para-hydroxylation sites is 1. The van der Waals surface area contributed by atoms with Crippen LogP contribution in [0, 0.1) is 0 Å². The fourth-order valence-electron chi connectivity index (χ4n) is 3.52. The van der Waals surface area contributed by atoms with Crippen molar-refractivity contribution < 1.29 is 4.52 Å². The van der Waals surface area contributed by atoms with Gasteiger partial charge in [-0.1, -0.05) is 17.3 Å².